The Bertz CT molecular complexity index is 903. The summed E-state index contributed by atoms with van der Waals surface area (Å²) in [5.41, 5.74) is 0.819. The smallest absolute Gasteiger partial charge is 0.338 e. The van der Waals surface area contributed by atoms with Gasteiger partial charge in [0.2, 0.25) is 0 Å². The Morgan fingerprint density at radius 2 is 1.91 bits per heavy atom. The Hall–Kier alpha value is -2.94. The predicted molar refractivity (Wildman–Crippen MR) is 115 cm³/mol. The maximum atomic E-state index is 14.6. The van der Waals surface area contributed by atoms with E-state index in [-0.39, 0.29) is 36.2 Å². The minimum absolute atomic E-state index is 0.145. The zero-order valence-corrected chi connectivity index (χ0v) is 18.7. The van der Waals surface area contributed by atoms with Crippen molar-refractivity contribution in [3.05, 3.63) is 46.9 Å². The van der Waals surface area contributed by atoms with Gasteiger partial charge in [-0.15, -0.1) is 0 Å². The topological polar surface area (TPSA) is 88.2 Å². The number of hydrogen-bond acceptors (Lipinski definition) is 6. The van der Waals surface area contributed by atoms with Gasteiger partial charge in [-0.3, -0.25) is 14.6 Å². The summed E-state index contributed by atoms with van der Waals surface area (Å²) in [5, 5.41) is 2.72. The molecule has 1 saturated heterocycles. The van der Waals surface area contributed by atoms with E-state index >= 15 is 0 Å². The number of amides is 2. The van der Waals surface area contributed by atoms with Crippen molar-refractivity contribution < 1.29 is 28.2 Å². The van der Waals surface area contributed by atoms with Crippen LogP contribution in [0.15, 0.2) is 35.5 Å². The van der Waals surface area contributed by atoms with Crippen molar-refractivity contribution in [2.24, 2.45) is 5.92 Å². The number of benzene rings is 1. The van der Waals surface area contributed by atoms with Gasteiger partial charge in [0.25, 0.3) is 0 Å². The van der Waals surface area contributed by atoms with E-state index in [4.69, 9.17) is 9.47 Å². The van der Waals surface area contributed by atoms with E-state index in [1.165, 1.54) is 11.0 Å². The van der Waals surface area contributed by atoms with Crippen molar-refractivity contribution in [2.75, 3.05) is 39.9 Å². The molecule has 1 aromatic carbocycles. The van der Waals surface area contributed by atoms with Crippen LogP contribution in [0.1, 0.15) is 38.3 Å². The molecule has 0 bridgehead atoms. The Balaban J connectivity index is 1.98. The van der Waals surface area contributed by atoms with Crippen LogP contribution in [0.2, 0.25) is 0 Å². The fraction of sp³-hybridized carbons (Fsp3) is 0.522. The second-order valence-electron chi connectivity index (χ2n) is 7.87. The van der Waals surface area contributed by atoms with E-state index in [1.54, 1.807) is 39.1 Å². The molecule has 0 radical (unpaired) electrons. The highest BCUT2D eigenvalue weighted by Gasteiger charge is 2.39. The molecule has 0 unspecified atom stereocenters. The van der Waals surface area contributed by atoms with Crippen LogP contribution in [0, 0.1) is 11.7 Å². The lowest BCUT2D eigenvalue weighted by molar-refractivity contribution is -0.150. The van der Waals surface area contributed by atoms with Gasteiger partial charge in [0.15, 0.2) is 0 Å². The van der Waals surface area contributed by atoms with E-state index in [2.05, 4.69) is 5.32 Å². The van der Waals surface area contributed by atoms with Gasteiger partial charge < -0.3 is 14.8 Å². The van der Waals surface area contributed by atoms with Crippen LogP contribution in [0.25, 0.3) is 0 Å². The summed E-state index contributed by atoms with van der Waals surface area (Å²) in [6, 6.07) is 4.62. The molecule has 9 heteroatoms. The Labute approximate surface area is 187 Å². The van der Waals surface area contributed by atoms with Gasteiger partial charge >= 0.3 is 18.0 Å². The fourth-order valence-electron chi connectivity index (χ4n) is 4.20. The van der Waals surface area contributed by atoms with Gasteiger partial charge in [-0.25, -0.2) is 14.0 Å². The number of likely N-dealkylation sites (N-methyl/N-ethyl adjacent to an activating group) is 1. The van der Waals surface area contributed by atoms with Gasteiger partial charge in [0, 0.05) is 31.4 Å². The van der Waals surface area contributed by atoms with Crippen LogP contribution in [-0.2, 0) is 19.1 Å². The largest absolute Gasteiger partial charge is 0.466 e. The average molecular weight is 448 g/mol. The summed E-state index contributed by atoms with van der Waals surface area (Å²) in [4.78, 5) is 41.3. The van der Waals surface area contributed by atoms with Crippen molar-refractivity contribution in [1.29, 1.82) is 0 Å². The number of urea groups is 1. The zero-order chi connectivity index (χ0) is 23.3. The molecular weight excluding hydrogens is 417 g/mol. The molecule has 2 heterocycles. The van der Waals surface area contributed by atoms with Gasteiger partial charge in [-0.05, 0) is 39.3 Å². The van der Waals surface area contributed by atoms with Crippen LogP contribution in [0.4, 0.5) is 9.18 Å². The van der Waals surface area contributed by atoms with Gasteiger partial charge in [-0.2, -0.15) is 0 Å². The second-order valence-corrected chi connectivity index (χ2v) is 7.87. The summed E-state index contributed by atoms with van der Waals surface area (Å²) in [7, 11) is 1.56. The number of carbonyl (C=O) groups is 3. The van der Waals surface area contributed by atoms with E-state index in [9.17, 15) is 18.8 Å². The van der Waals surface area contributed by atoms with E-state index in [0.717, 1.165) is 12.8 Å². The van der Waals surface area contributed by atoms with Crippen molar-refractivity contribution in [3.63, 3.8) is 0 Å². The molecule has 2 aliphatic rings. The fourth-order valence-corrected chi connectivity index (χ4v) is 4.20. The van der Waals surface area contributed by atoms with Crippen LogP contribution >= 0.6 is 0 Å². The van der Waals surface area contributed by atoms with Gasteiger partial charge in [-0.1, -0.05) is 18.2 Å². The van der Waals surface area contributed by atoms with Crippen molar-refractivity contribution in [3.8, 4) is 0 Å². The number of esters is 2. The lowest BCUT2D eigenvalue weighted by Crippen LogP contribution is -2.50. The van der Waals surface area contributed by atoms with E-state index < -0.39 is 23.9 Å². The first-order valence-electron chi connectivity index (χ1n) is 10.9. The minimum Gasteiger partial charge on any atom is -0.466 e. The third kappa shape index (κ3) is 5.09. The zero-order valence-electron chi connectivity index (χ0n) is 18.7. The number of piperidine rings is 1. The lowest BCUT2D eigenvalue weighted by atomic mass is 9.93. The molecule has 1 fully saturated rings. The summed E-state index contributed by atoms with van der Waals surface area (Å²) in [5.74, 6) is -1.64. The van der Waals surface area contributed by atoms with Crippen molar-refractivity contribution in [1.82, 2.24) is 15.1 Å². The first-order valence-corrected chi connectivity index (χ1v) is 10.9. The Morgan fingerprint density at radius 3 is 2.59 bits per heavy atom. The highest BCUT2D eigenvalue weighted by Crippen LogP contribution is 2.33. The maximum absolute atomic E-state index is 14.6. The summed E-state index contributed by atoms with van der Waals surface area (Å²) >= 11 is 0. The molecule has 1 N–H and O–H groups in total. The number of likely N-dealkylation sites (tertiary alicyclic amines) is 1. The summed E-state index contributed by atoms with van der Waals surface area (Å²) in [6.45, 7) is 5.34. The SMILES string of the molecule is CCOC(=O)C1=C(CN2CCC[C@H](C(=O)OCC)C2)N(C)C(=O)N[C@H]1c1ccccc1F. The van der Waals surface area contributed by atoms with Gasteiger partial charge in [0.1, 0.15) is 5.82 Å². The lowest BCUT2D eigenvalue weighted by Gasteiger charge is -2.38. The van der Waals surface area contributed by atoms with E-state index in [0.29, 0.717) is 25.4 Å². The molecule has 3 rings (SSSR count). The number of nitrogens with zero attached hydrogens (tertiary/aromatic N) is 2. The molecule has 0 aromatic heterocycles. The number of hydrogen-bond donors (Lipinski definition) is 1. The number of halogens is 1. The predicted octanol–water partition coefficient (Wildman–Crippen LogP) is 2.61. The molecule has 0 saturated carbocycles. The quantitative estimate of drug-likeness (QED) is 0.647. The van der Waals surface area contributed by atoms with Crippen molar-refractivity contribution in [2.45, 2.75) is 32.7 Å². The monoisotopic (exact) mass is 447 g/mol. The number of rotatable bonds is 7. The molecule has 1 aromatic rings. The summed E-state index contributed by atoms with van der Waals surface area (Å²) < 4.78 is 25.1. The van der Waals surface area contributed by atoms with Crippen LogP contribution in [0.3, 0.4) is 0 Å². The second kappa shape index (κ2) is 10.6. The highest BCUT2D eigenvalue weighted by atomic mass is 19.1. The molecular formula is C23H30FN3O5. The van der Waals surface area contributed by atoms with E-state index in [1.807, 2.05) is 4.90 Å². The minimum atomic E-state index is -0.973. The molecule has 32 heavy (non-hydrogen) atoms. The number of carbonyl (C=O) groups excluding carboxylic acids is 3. The molecule has 2 atom stereocenters. The third-order valence-electron chi connectivity index (χ3n) is 5.79. The first kappa shape index (κ1) is 23.7. The first-order chi connectivity index (χ1) is 15.4. The van der Waals surface area contributed by atoms with Crippen LogP contribution in [-0.4, -0.2) is 67.7 Å². The normalized spacial score (nSPS) is 21.9. The van der Waals surface area contributed by atoms with Crippen LogP contribution < -0.4 is 5.32 Å². The van der Waals surface area contributed by atoms with Crippen molar-refractivity contribution >= 4 is 18.0 Å². The molecule has 0 spiro atoms. The average Bonchev–Trinajstić information content (AvgIpc) is 2.77. The Morgan fingerprint density at radius 1 is 1.19 bits per heavy atom. The van der Waals surface area contributed by atoms with Crippen LogP contribution in [0.5, 0.6) is 0 Å². The number of ether oxygens (including phenoxy) is 2. The molecule has 8 nitrogen and oxygen atoms in total. The maximum Gasteiger partial charge on any atom is 0.338 e. The third-order valence-corrected chi connectivity index (χ3v) is 5.79. The molecule has 2 amide bonds. The standard InChI is InChI=1S/C23H30FN3O5/c1-4-31-21(28)15-9-8-12-27(13-15)14-18-19(22(29)32-5-2)20(25-23(30)26(18)3)16-10-6-7-11-17(16)24/h6-7,10-11,15,20H,4-5,8-9,12-14H2,1-3H3,(H,25,30)/t15-,20-/m0/s1. The summed E-state index contributed by atoms with van der Waals surface area (Å²) in [6.07, 6.45) is 1.52. The molecule has 174 valence electrons. The van der Waals surface area contributed by atoms with Gasteiger partial charge in [0.05, 0.1) is 30.7 Å². The Kier molecular flexibility index (Phi) is 7.84. The molecule has 2 aliphatic heterocycles. The highest BCUT2D eigenvalue weighted by molar-refractivity contribution is 5.95. The molecule has 0 aliphatic carbocycles. The number of nitrogens with one attached hydrogen (secondary N) is 1.